The number of nitrogens with zero attached hydrogens (tertiary/aromatic N) is 3. The van der Waals surface area contributed by atoms with Crippen LogP contribution in [0.5, 0.6) is 0 Å². The van der Waals surface area contributed by atoms with Gasteiger partial charge in [0.1, 0.15) is 22.8 Å². The summed E-state index contributed by atoms with van der Waals surface area (Å²) in [6.45, 7) is 2.34. The Labute approximate surface area is 190 Å². The van der Waals surface area contributed by atoms with E-state index in [1.54, 1.807) is 19.1 Å². The van der Waals surface area contributed by atoms with E-state index in [9.17, 15) is 24.4 Å². The maximum absolute atomic E-state index is 12.8. The summed E-state index contributed by atoms with van der Waals surface area (Å²) in [5.74, 6) is -2.46. The first-order valence-electron chi connectivity index (χ1n) is 9.13. The molecule has 1 fully saturated rings. The van der Waals surface area contributed by atoms with E-state index in [1.807, 2.05) is 0 Å². The molecule has 0 radical (unpaired) electrons. The van der Waals surface area contributed by atoms with Crippen LogP contribution in [0, 0.1) is 0 Å². The molecule has 3 heterocycles. The summed E-state index contributed by atoms with van der Waals surface area (Å²) in [6.07, 6.45) is 3.39. The molecule has 32 heavy (non-hydrogen) atoms. The summed E-state index contributed by atoms with van der Waals surface area (Å²) >= 11 is 2.40. The smallest absolute Gasteiger partial charge is 0.358 e. The highest BCUT2D eigenvalue weighted by Crippen LogP contribution is 2.41. The molecule has 2 atom stereocenters. The minimum atomic E-state index is -0.969. The number of allylic oxidation sites excluding steroid dienone is 2. The number of nitrogen functional groups attached to an aromatic ring is 1. The van der Waals surface area contributed by atoms with Gasteiger partial charge >= 0.3 is 11.9 Å². The van der Waals surface area contributed by atoms with Crippen LogP contribution in [-0.4, -0.2) is 68.5 Å². The zero-order chi connectivity index (χ0) is 23.4. The number of fused-ring (bicyclic) bond motifs is 1. The second-order valence-corrected chi connectivity index (χ2v) is 8.43. The second-order valence-electron chi connectivity index (χ2n) is 6.44. The van der Waals surface area contributed by atoms with Gasteiger partial charge in [-0.2, -0.15) is 0 Å². The van der Waals surface area contributed by atoms with Gasteiger partial charge in [0.05, 0.1) is 0 Å². The number of hydrogen-bond donors (Lipinski definition) is 3. The van der Waals surface area contributed by atoms with Crippen molar-refractivity contribution in [1.82, 2.24) is 15.2 Å². The monoisotopic (exact) mass is 481 g/mol. The Balaban J connectivity index is 1.76. The highest BCUT2D eigenvalue weighted by atomic mass is 32.2. The maximum Gasteiger partial charge on any atom is 0.358 e. The molecule has 0 aromatic carbocycles. The van der Waals surface area contributed by atoms with Crippen LogP contribution in [0.2, 0.25) is 0 Å². The highest BCUT2D eigenvalue weighted by molar-refractivity contribution is 8.00. The first kappa shape index (κ1) is 23.3. The second kappa shape index (κ2) is 9.82. The summed E-state index contributed by atoms with van der Waals surface area (Å²) in [7, 11) is 0. The van der Waals surface area contributed by atoms with Gasteiger partial charge in [0, 0.05) is 18.1 Å². The van der Waals surface area contributed by atoms with Gasteiger partial charge in [-0.15, -0.1) is 23.1 Å². The molecule has 0 spiro atoms. The number of hydrogen-bond acceptors (Lipinski definition) is 12. The largest absolute Gasteiger partial charge is 0.428 e. The number of nitrogens with two attached hydrogens (primary N) is 1. The molecule has 1 unspecified atom stereocenters. The lowest BCUT2D eigenvalue weighted by atomic mass is 10.0. The quantitative estimate of drug-likeness (QED) is 0.122. The van der Waals surface area contributed by atoms with Crippen molar-refractivity contribution in [3.63, 3.8) is 0 Å². The lowest BCUT2D eigenvalue weighted by Crippen LogP contribution is -2.71. The van der Waals surface area contributed by atoms with Gasteiger partial charge < -0.3 is 25.7 Å². The number of rotatable bonds is 7. The normalized spacial score (nSPS) is 20.6. The standard InChI is InChI=1S/C18H19N5O7S2/c1-3-4-9-5-31-16-12(21-14(25)11(22-28)10-6-32-18(19)20-10)15(26)23(16)13(9)17(27)30-7-29-8(2)24/h3-4,6,12,16,28H,5,7H2,1-2H3,(H2,19,20)(H,21,25)/b4-3-,22-11-/t12?,16-/m0/s1. The fourth-order valence-corrected chi connectivity index (χ4v) is 4.88. The summed E-state index contributed by atoms with van der Waals surface area (Å²) in [5, 5.41) is 15.7. The molecule has 1 saturated heterocycles. The zero-order valence-corrected chi connectivity index (χ0v) is 18.6. The van der Waals surface area contributed by atoms with Gasteiger partial charge in [0.15, 0.2) is 10.8 Å². The summed E-state index contributed by atoms with van der Waals surface area (Å²) in [5.41, 5.74) is 5.78. The first-order chi connectivity index (χ1) is 15.3. The maximum atomic E-state index is 12.8. The Bertz CT molecular complexity index is 1050. The van der Waals surface area contributed by atoms with Crippen LogP contribution in [0.25, 0.3) is 0 Å². The average Bonchev–Trinajstić information content (AvgIpc) is 3.17. The first-order valence-corrected chi connectivity index (χ1v) is 11.1. The van der Waals surface area contributed by atoms with Gasteiger partial charge in [-0.1, -0.05) is 17.3 Å². The van der Waals surface area contributed by atoms with E-state index in [-0.39, 0.29) is 16.5 Å². The third-order valence-electron chi connectivity index (χ3n) is 4.38. The predicted molar refractivity (Wildman–Crippen MR) is 114 cm³/mol. The number of amides is 2. The van der Waals surface area contributed by atoms with Crippen molar-refractivity contribution in [2.24, 2.45) is 5.16 Å². The van der Waals surface area contributed by atoms with Crippen LogP contribution in [-0.2, 0) is 28.7 Å². The predicted octanol–water partition coefficient (Wildman–Crippen LogP) is 0.198. The summed E-state index contributed by atoms with van der Waals surface area (Å²) in [4.78, 5) is 54.0. The molecule has 12 nitrogen and oxygen atoms in total. The number of thiazole rings is 1. The number of carbonyl (C=O) groups excluding carboxylic acids is 4. The van der Waals surface area contributed by atoms with E-state index in [0.29, 0.717) is 11.3 Å². The Morgan fingerprint density at radius 2 is 2.19 bits per heavy atom. The minimum absolute atomic E-state index is 0.0119. The van der Waals surface area contributed by atoms with Crippen molar-refractivity contribution in [2.75, 3.05) is 18.3 Å². The number of thioether (sulfide) groups is 1. The van der Waals surface area contributed by atoms with Crippen LogP contribution in [0.3, 0.4) is 0 Å². The molecule has 2 aliphatic rings. The number of β-lactam (4-membered cyclic amide) rings is 1. The number of esters is 2. The Morgan fingerprint density at radius 3 is 2.78 bits per heavy atom. The van der Waals surface area contributed by atoms with E-state index in [1.165, 1.54) is 29.0 Å². The van der Waals surface area contributed by atoms with Crippen molar-refractivity contribution >= 4 is 57.7 Å². The Kier molecular flexibility index (Phi) is 7.15. The van der Waals surface area contributed by atoms with Gasteiger partial charge in [0.25, 0.3) is 11.8 Å². The van der Waals surface area contributed by atoms with Crippen molar-refractivity contribution in [2.45, 2.75) is 25.3 Å². The minimum Gasteiger partial charge on any atom is -0.428 e. The highest BCUT2D eigenvalue weighted by Gasteiger charge is 2.54. The van der Waals surface area contributed by atoms with E-state index in [2.05, 4.69) is 20.2 Å². The molecule has 2 aliphatic heterocycles. The van der Waals surface area contributed by atoms with Crippen LogP contribution in [0.4, 0.5) is 5.13 Å². The third kappa shape index (κ3) is 4.60. The van der Waals surface area contributed by atoms with E-state index >= 15 is 0 Å². The summed E-state index contributed by atoms with van der Waals surface area (Å²) < 4.78 is 9.59. The molecular weight excluding hydrogens is 462 g/mol. The van der Waals surface area contributed by atoms with Crippen LogP contribution < -0.4 is 11.1 Å². The number of carbonyl (C=O) groups is 4. The van der Waals surface area contributed by atoms with Crippen molar-refractivity contribution < 1.29 is 33.9 Å². The van der Waals surface area contributed by atoms with E-state index in [4.69, 9.17) is 10.5 Å². The van der Waals surface area contributed by atoms with E-state index in [0.717, 1.165) is 11.3 Å². The molecular formula is C18H19N5O7S2. The number of oxime groups is 1. The average molecular weight is 482 g/mol. The van der Waals surface area contributed by atoms with Crippen LogP contribution >= 0.6 is 23.1 Å². The Morgan fingerprint density at radius 1 is 1.44 bits per heavy atom. The van der Waals surface area contributed by atoms with Gasteiger partial charge in [-0.3, -0.25) is 19.3 Å². The lowest BCUT2D eigenvalue weighted by Gasteiger charge is -2.49. The number of nitrogens with one attached hydrogen (secondary N) is 1. The van der Waals surface area contributed by atoms with Crippen LogP contribution in [0.1, 0.15) is 19.5 Å². The molecule has 4 N–H and O–H groups in total. The van der Waals surface area contributed by atoms with E-state index < -0.39 is 47.7 Å². The molecule has 0 aliphatic carbocycles. The molecule has 0 bridgehead atoms. The fourth-order valence-electron chi connectivity index (χ4n) is 3.01. The van der Waals surface area contributed by atoms with Crippen molar-refractivity contribution in [3.05, 3.63) is 34.5 Å². The molecule has 1 aromatic rings. The number of ether oxygens (including phenoxy) is 2. The molecule has 14 heteroatoms. The molecule has 170 valence electrons. The molecule has 0 saturated carbocycles. The fraction of sp³-hybridized carbons (Fsp3) is 0.333. The van der Waals surface area contributed by atoms with Gasteiger partial charge in [-0.05, 0) is 12.5 Å². The van der Waals surface area contributed by atoms with Gasteiger partial charge in [-0.25, -0.2) is 9.78 Å². The van der Waals surface area contributed by atoms with Crippen LogP contribution in [0.15, 0.2) is 34.0 Å². The molecule has 1 aromatic heterocycles. The zero-order valence-electron chi connectivity index (χ0n) is 16.9. The molecule has 3 rings (SSSR count). The number of aromatic nitrogens is 1. The topological polar surface area (TPSA) is 174 Å². The SMILES string of the molecule is C/C=C\C1=C(C(=O)OCOC(C)=O)N2C(=O)C(NC(=O)/C(=N\O)c3csc(N)n3)[C@@H]2SC1. The Hall–Kier alpha value is -3.39. The van der Waals surface area contributed by atoms with Crippen molar-refractivity contribution in [3.8, 4) is 0 Å². The number of anilines is 1. The summed E-state index contributed by atoms with van der Waals surface area (Å²) in [6, 6.07) is -0.969. The molecule has 2 amide bonds. The third-order valence-corrected chi connectivity index (χ3v) is 6.35. The van der Waals surface area contributed by atoms with Gasteiger partial charge in [0.2, 0.25) is 6.79 Å². The van der Waals surface area contributed by atoms with Crippen molar-refractivity contribution in [1.29, 1.82) is 0 Å². The lowest BCUT2D eigenvalue weighted by molar-refractivity contribution is -0.166.